The van der Waals surface area contributed by atoms with E-state index in [-0.39, 0.29) is 18.3 Å². The molecule has 3 atom stereocenters. The lowest BCUT2D eigenvalue weighted by molar-refractivity contribution is -0.00358. The van der Waals surface area contributed by atoms with Gasteiger partial charge in [0.2, 0.25) is 0 Å². The van der Waals surface area contributed by atoms with E-state index in [0.717, 1.165) is 12.8 Å². The number of amides is 1. The van der Waals surface area contributed by atoms with E-state index in [2.05, 4.69) is 36.4 Å². The molecule has 3 unspecified atom stereocenters. The van der Waals surface area contributed by atoms with Crippen LogP contribution in [-0.4, -0.2) is 45.8 Å². The SMILES string of the molecule is CCCC(C)OC1CN(C(=O)OC(C)(C)C)CC1I. The lowest BCUT2D eigenvalue weighted by Gasteiger charge is -2.24. The maximum atomic E-state index is 12.0. The summed E-state index contributed by atoms with van der Waals surface area (Å²) in [6.07, 6.45) is 2.32. The fourth-order valence-corrected chi connectivity index (χ4v) is 2.98. The van der Waals surface area contributed by atoms with Gasteiger partial charge in [0.05, 0.1) is 22.7 Å². The quantitative estimate of drug-likeness (QED) is 0.550. The van der Waals surface area contributed by atoms with Gasteiger partial charge in [-0.05, 0) is 34.1 Å². The fourth-order valence-electron chi connectivity index (χ4n) is 2.11. The average Bonchev–Trinajstić information content (AvgIpc) is 2.58. The molecule has 4 nitrogen and oxygen atoms in total. The number of ether oxygens (including phenoxy) is 2. The number of halogens is 1. The summed E-state index contributed by atoms with van der Waals surface area (Å²) >= 11 is 2.37. The Morgan fingerprint density at radius 2 is 2.05 bits per heavy atom. The summed E-state index contributed by atoms with van der Waals surface area (Å²) < 4.78 is 11.8. The Balaban J connectivity index is 2.48. The van der Waals surface area contributed by atoms with Crippen molar-refractivity contribution in [2.45, 2.75) is 69.2 Å². The van der Waals surface area contributed by atoms with Crippen LogP contribution in [0.3, 0.4) is 0 Å². The van der Waals surface area contributed by atoms with Gasteiger partial charge in [-0.1, -0.05) is 35.9 Å². The predicted molar refractivity (Wildman–Crippen MR) is 84.9 cm³/mol. The Labute approximate surface area is 130 Å². The van der Waals surface area contributed by atoms with Crippen molar-refractivity contribution in [3.63, 3.8) is 0 Å². The maximum Gasteiger partial charge on any atom is 0.410 e. The van der Waals surface area contributed by atoms with Gasteiger partial charge in [-0.3, -0.25) is 0 Å². The summed E-state index contributed by atoms with van der Waals surface area (Å²) in [6, 6.07) is 0. The van der Waals surface area contributed by atoms with E-state index in [9.17, 15) is 4.79 Å². The summed E-state index contributed by atoms with van der Waals surface area (Å²) in [4.78, 5) is 13.8. The molecule has 1 aliphatic heterocycles. The third kappa shape index (κ3) is 5.85. The van der Waals surface area contributed by atoms with Crippen LogP contribution in [0.2, 0.25) is 0 Å². The summed E-state index contributed by atoms with van der Waals surface area (Å²) in [5.74, 6) is 0. The van der Waals surface area contributed by atoms with Gasteiger partial charge in [0, 0.05) is 6.54 Å². The van der Waals surface area contributed by atoms with Crippen molar-refractivity contribution < 1.29 is 14.3 Å². The van der Waals surface area contributed by atoms with Gasteiger partial charge in [0.1, 0.15) is 5.60 Å². The van der Waals surface area contributed by atoms with Gasteiger partial charge in [-0.2, -0.15) is 0 Å². The van der Waals surface area contributed by atoms with Gasteiger partial charge < -0.3 is 14.4 Å². The Hall–Kier alpha value is -0.0400. The molecule has 5 heteroatoms. The smallest absolute Gasteiger partial charge is 0.410 e. The van der Waals surface area contributed by atoms with Gasteiger partial charge in [0.25, 0.3) is 0 Å². The van der Waals surface area contributed by atoms with Crippen molar-refractivity contribution in [3.8, 4) is 0 Å². The zero-order chi connectivity index (χ0) is 14.6. The number of carbonyl (C=O) groups excluding carboxylic acids is 1. The topological polar surface area (TPSA) is 38.8 Å². The van der Waals surface area contributed by atoms with Gasteiger partial charge >= 0.3 is 6.09 Å². The number of nitrogens with zero attached hydrogens (tertiary/aromatic N) is 1. The van der Waals surface area contributed by atoms with Crippen LogP contribution in [0.25, 0.3) is 0 Å². The second-order valence-electron chi connectivity index (χ2n) is 6.18. The van der Waals surface area contributed by atoms with Crippen molar-refractivity contribution >= 4 is 28.7 Å². The van der Waals surface area contributed by atoms with Crippen LogP contribution >= 0.6 is 22.6 Å². The normalized spacial score (nSPS) is 25.5. The van der Waals surface area contributed by atoms with E-state index in [0.29, 0.717) is 17.0 Å². The van der Waals surface area contributed by atoms with Crippen LogP contribution in [0.1, 0.15) is 47.5 Å². The minimum absolute atomic E-state index is 0.120. The summed E-state index contributed by atoms with van der Waals surface area (Å²) in [5, 5.41) is 0. The van der Waals surface area contributed by atoms with Gasteiger partial charge in [0.15, 0.2) is 0 Å². The molecule has 0 saturated carbocycles. The van der Waals surface area contributed by atoms with Gasteiger partial charge in [-0.15, -0.1) is 0 Å². The number of hydrogen-bond acceptors (Lipinski definition) is 3. The van der Waals surface area contributed by atoms with Crippen LogP contribution in [0, 0.1) is 0 Å². The first-order valence-corrected chi connectivity index (χ1v) is 8.25. The molecule has 0 aromatic carbocycles. The highest BCUT2D eigenvalue weighted by Crippen LogP contribution is 2.24. The van der Waals surface area contributed by atoms with Crippen LogP contribution in [0.4, 0.5) is 4.79 Å². The first kappa shape index (κ1) is 17.0. The Bertz CT molecular complexity index is 304. The second kappa shape index (κ2) is 7.11. The van der Waals surface area contributed by atoms with Crippen molar-refractivity contribution in [3.05, 3.63) is 0 Å². The van der Waals surface area contributed by atoms with Crippen LogP contribution in [0.5, 0.6) is 0 Å². The maximum absolute atomic E-state index is 12.0. The van der Waals surface area contributed by atoms with Crippen LogP contribution < -0.4 is 0 Å². The molecule has 1 rings (SSSR count). The molecule has 0 spiro atoms. The largest absolute Gasteiger partial charge is 0.444 e. The zero-order valence-corrected chi connectivity index (χ0v) is 14.8. The van der Waals surface area contributed by atoms with Crippen molar-refractivity contribution in [2.75, 3.05) is 13.1 Å². The number of carbonyl (C=O) groups is 1. The first-order valence-electron chi connectivity index (χ1n) is 7.00. The zero-order valence-electron chi connectivity index (χ0n) is 12.6. The van der Waals surface area contributed by atoms with E-state index in [1.807, 2.05) is 20.8 Å². The molecule has 1 heterocycles. The molecule has 0 aromatic heterocycles. The lowest BCUT2D eigenvalue weighted by atomic mass is 10.2. The molecule has 0 N–H and O–H groups in total. The predicted octanol–water partition coefficient (Wildman–Crippen LogP) is 3.61. The molecular formula is C14H26INO3. The number of hydrogen-bond donors (Lipinski definition) is 0. The summed E-state index contributed by atoms with van der Waals surface area (Å²) in [5.41, 5.74) is -0.438. The van der Waals surface area contributed by atoms with Crippen molar-refractivity contribution in [1.29, 1.82) is 0 Å². The molecule has 0 aliphatic carbocycles. The van der Waals surface area contributed by atoms with E-state index >= 15 is 0 Å². The summed E-state index contributed by atoms with van der Waals surface area (Å²) in [6.45, 7) is 11.3. The monoisotopic (exact) mass is 383 g/mol. The second-order valence-corrected chi connectivity index (χ2v) is 7.78. The fraction of sp³-hybridized carbons (Fsp3) is 0.929. The molecule has 1 amide bonds. The molecule has 1 aliphatic rings. The molecule has 0 radical (unpaired) electrons. The summed E-state index contributed by atoms with van der Waals surface area (Å²) in [7, 11) is 0. The van der Waals surface area contributed by atoms with E-state index in [1.165, 1.54) is 0 Å². The van der Waals surface area contributed by atoms with Crippen LogP contribution in [0.15, 0.2) is 0 Å². The highest BCUT2D eigenvalue weighted by molar-refractivity contribution is 14.1. The third-order valence-corrected chi connectivity index (χ3v) is 4.15. The molecule has 0 aromatic rings. The molecule has 112 valence electrons. The standard InChI is InChI=1S/C14H26INO3/c1-6-7-10(2)18-12-9-16(8-11(12)15)13(17)19-14(3,4)5/h10-12H,6-9H2,1-5H3. The minimum Gasteiger partial charge on any atom is -0.444 e. The average molecular weight is 383 g/mol. The minimum atomic E-state index is -0.438. The Kier molecular flexibility index (Phi) is 6.36. The number of alkyl halides is 1. The van der Waals surface area contributed by atoms with E-state index in [4.69, 9.17) is 9.47 Å². The third-order valence-electron chi connectivity index (χ3n) is 2.95. The molecule has 19 heavy (non-hydrogen) atoms. The van der Waals surface area contributed by atoms with Gasteiger partial charge in [-0.25, -0.2) is 4.79 Å². The Morgan fingerprint density at radius 1 is 1.42 bits per heavy atom. The molecular weight excluding hydrogens is 357 g/mol. The highest BCUT2D eigenvalue weighted by atomic mass is 127. The van der Waals surface area contributed by atoms with E-state index in [1.54, 1.807) is 4.90 Å². The molecule has 1 fully saturated rings. The lowest BCUT2D eigenvalue weighted by Crippen LogP contribution is -2.36. The molecule has 0 bridgehead atoms. The Morgan fingerprint density at radius 3 is 2.58 bits per heavy atom. The molecule has 1 saturated heterocycles. The van der Waals surface area contributed by atoms with Crippen molar-refractivity contribution in [2.24, 2.45) is 0 Å². The van der Waals surface area contributed by atoms with Crippen LogP contribution in [-0.2, 0) is 9.47 Å². The van der Waals surface area contributed by atoms with E-state index < -0.39 is 5.60 Å². The number of rotatable bonds is 4. The highest BCUT2D eigenvalue weighted by Gasteiger charge is 2.37. The van der Waals surface area contributed by atoms with Crippen molar-refractivity contribution in [1.82, 2.24) is 4.90 Å². The first-order chi connectivity index (χ1) is 8.73. The number of likely N-dealkylation sites (tertiary alicyclic amines) is 1.